The summed E-state index contributed by atoms with van der Waals surface area (Å²) in [6, 6.07) is 4.15. The maximum absolute atomic E-state index is 4.23. The maximum atomic E-state index is 4.23. The Kier molecular flexibility index (Phi) is 3.13. The van der Waals surface area contributed by atoms with Gasteiger partial charge in [-0.1, -0.05) is 0 Å². The van der Waals surface area contributed by atoms with Gasteiger partial charge in [0, 0.05) is 11.4 Å². The number of aromatic nitrogens is 1. The molecule has 54 valence electrons. The van der Waals surface area contributed by atoms with Crippen molar-refractivity contribution in [3.05, 3.63) is 29.1 Å². The lowest BCUT2D eigenvalue weighted by Crippen LogP contribution is -1.85. The molecule has 0 radical (unpaired) electrons. The van der Waals surface area contributed by atoms with Gasteiger partial charge in [0.25, 0.3) is 0 Å². The van der Waals surface area contributed by atoms with Crippen LogP contribution >= 0.6 is 0 Å². The first-order valence-corrected chi connectivity index (χ1v) is 3.10. The fraction of sp³-hybridized carbons (Fsp3) is 0.375. The molecular formula is C8H14BN. The van der Waals surface area contributed by atoms with Crippen molar-refractivity contribution in [3.8, 4) is 0 Å². The topological polar surface area (TPSA) is 12.9 Å². The standard InChI is InChI=1S/C8H11N.BH3/c1-6-4-7(2)9-8(3)5-6;/h4-5H,1-3H3;1H3. The molecule has 0 saturated carbocycles. The van der Waals surface area contributed by atoms with E-state index in [0.29, 0.717) is 0 Å². The van der Waals surface area contributed by atoms with E-state index in [0.717, 1.165) is 11.4 Å². The van der Waals surface area contributed by atoms with E-state index >= 15 is 0 Å². The smallest absolute Gasteiger partial charge is 0.0814 e. The summed E-state index contributed by atoms with van der Waals surface area (Å²) in [5.41, 5.74) is 3.50. The van der Waals surface area contributed by atoms with Crippen molar-refractivity contribution in [2.45, 2.75) is 20.8 Å². The predicted molar refractivity (Wildman–Crippen MR) is 48.4 cm³/mol. The van der Waals surface area contributed by atoms with Crippen molar-refractivity contribution < 1.29 is 0 Å². The van der Waals surface area contributed by atoms with Gasteiger partial charge in [0.2, 0.25) is 0 Å². The van der Waals surface area contributed by atoms with Crippen LogP contribution in [0.15, 0.2) is 12.1 Å². The van der Waals surface area contributed by atoms with Crippen molar-refractivity contribution in [2.24, 2.45) is 0 Å². The van der Waals surface area contributed by atoms with Crippen LogP contribution in [0.5, 0.6) is 0 Å². The monoisotopic (exact) mass is 135 g/mol. The Hall–Kier alpha value is -0.785. The van der Waals surface area contributed by atoms with E-state index in [9.17, 15) is 0 Å². The van der Waals surface area contributed by atoms with Crippen LogP contribution in [0.2, 0.25) is 0 Å². The molecule has 2 heteroatoms. The molecule has 0 atom stereocenters. The van der Waals surface area contributed by atoms with E-state index < -0.39 is 0 Å². The number of aryl methyl sites for hydroxylation is 3. The lowest BCUT2D eigenvalue weighted by Gasteiger charge is -1.96. The summed E-state index contributed by atoms with van der Waals surface area (Å²) < 4.78 is 0. The Balaban J connectivity index is 0.000000810. The number of nitrogens with zero attached hydrogens (tertiary/aromatic N) is 1. The van der Waals surface area contributed by atoms with Gasteiger partial charge in [-0.3, -0.25) is 4.98 Å². The summed E-state index contributed by atoms with van der Waals surface area (Å²) >= 11 is 0. The molecule has 1 nitrogen and oxygen atoms in total. The van der Waals surface area contributed by atoms with Crippen molar-refractivity contribution in [1.82, 2.24) is 4.98 Å². The van der Waals surface area contributed by atoms with Gasteiger partial charge in [0.1, 0.15) is 0 Å². The minimum absolute atomic E-state index is 0. The van der Waals surface area contributed by atoms with Crippen LogP contribution in [0.3, 0.4) is 0 Å². The summed E-state index contributed by atoms with van der Waals surface area (Å²) in [5, 5.41) is 0. The molecule has 1 rings (SSSR count). The quantitative estimate of drug-likeness (QED) is 0.480. The zero-order chi connectivity index (χ0) is 6.85. The third kappa shape index (κ3) is 2.22. The van der Waals surface area contributed by atoms with Crippen LogP contribution in [0.4, 0.5) is 0 Å². The minimum atomic E-state index is 0. The molecule has 0 bridgehead atoms. The first-order valence-electron chi connectivity index (χ1n) is 3.10. The molecule has 0 fully saturated rings. The van der Waals surface area contributed by atoms with Gasteiger partial charge >= 0.3 is 0 Å². The van der Waals surface area contributed by atoms with E-state index in [1.54, 1.807) is 0 Å². The highest BCUT2D eigenvalue weighted by atomic mass is 14.7. The SMILES string of the molecule is B.Cc1cc(C)nc(C)c1. The summed E-state index contributed by atoms with van der Waals surface area (Å²) in [4.78, 5) is 4.23. The fourth-order valence-corrected chi connectivity index (χ4v) is 1.04. The highest BCUT2D eigenvalue weighted by Crippen LogP contribution is 2.01. The zero-order valence-corrected chi connectivity index (χ0v) is 6.10. The highest BCUT2D eigenvalue weighted by molar-refractivity contribution is 5.75. The molecule has 0 N–H and O–H groups in total. The van der Waals surface area contributed by atoms with Crippen LogP contribution in [0.1, 0.15) is 17.0 Å². The first-order chi connectivity index (χ1) is 4.18. The second-order valence-corrected chi connectivity index (χ2v) is 2.43. The van der Waals surface area contributed by atoms with Crippen LogP contribution < -0.4 is 0 Å². The number of rotatable bonds is 0. The number of hydrogen-bond donors (Lipinski definition) is 0. The molecule has 0 spiro atoms. The van der Waals surface area contributed by atoms with Gasteiger partial charge in [-0.2, -0.15) is 0 Å². The van der Waals surface area contributed by atoms with Gasteiger partial charge in [-0.15, -0.1) is 0 Å². The van der Waals surface area contributed by atoms with E-state index in [4.69, 9.17) is 0 Å². The van der Waals surface area contributed by atoms with E-state index in [-0.39, 0.29) is 8.41 Å². The van der Waals surface area contributed by atoms with Crippen molar-refractivity contribution in [2.75, 3.05) is 0 Å². The molecule has 1 aromatic rings. The molecule has 0 unspecified atom stereocenters. The minimum Gasteiger partial charge on any atom is -0.258 e. The lowest BCUT2D eigenvalue weighted by molar-refractivity contribution is 1.10. The third-order valence-electron chi connectivity index (χ3n) is 1.23. The van der Waals surface area contributed by atoms with Crippen LogP contribution in [-0.2, 0) is 0 Å². The molecule has 0 aromatic carbocycles. The first kappa shape index (κ1) is 9.21. The molecule has 0 amide bonds. The van der Waals surface area contributed by atoms with Crippen LogP contribution in [0.25, 0.3) is 0 Å². The highest BCUT2D eigenvalue weighted by Gasteiger charge is 1.88. The van der Waals surface area contributed by atoms with Gasteiger partial charge in [0.15, 0.2) is 0 Å². The summed E-state index contributed by atoms with van der Waals surface area (Å²) in [6.07, 6.45) is 0. The Morgan fingerprint density at radius 1 is 1.00 bits per heavy atom. The summed E-state index contributed by atoms with van der Waals surface area (Å²) in [6.45, 7) is 6.11. The second-order valence-electron chi connectivity index (χ2n) is 2.43. The average molecular weight is 135 g/mol. The number of pyridine rings is 1. The lowest BCUT2D eigenvalue weighted by atomic mass is 10.2. The average Bonchev–Trinajstić information content (AvgIpc) is 1.59. The molecular weight excluding hydrogens is 121 g/mol. The van der Waals surface area contributed by atoms with E-state index in [1.165, 1.54) is 5.56 Å². The largest absolute Gasteiger partial charge is 0.258 e. The van der Waals surface area contributed by atoms with Crippen molar-refractivity contribution in [1.29, 1.82) is 0 Å². The Morgan fingerprint density at radius 3 is 1.70 bits per heavy atom. The normalized spacial score (nSPS) is 8.70. The van der Waals surface area contributed by atoms with Gasteiger partial charge in [-0.05, 0) is 38.5 Å². The maximum Gasteiger partial charge on any atom is 0.0814 e. The third-order valence-corrected chi connectivity index (χ3v) is 1.23. The molecule has 0 aliphatic rings. The Labute approximate surface area is 64.1 Å². The van der Waals surface area contributed by atoms with E-state index in [1.807, 2.05) is 13.8 Å². The molecule has 0 aliphatic heterocycles. The van der Waals surface area contributed by atoms with Gasteiger partial charge in [-0.25, -0.2) is 0 Å². The summed E-state index contributed by atoms with van der Waals surface area (Å²) in [5.74, 6) is 0. The number of hydrogen-bond acceptors (Lipinski definition) is 1. The molecule has 1 heterocycles. The molecule has 1 aromatic heterocycles. The molecule has 10 heavy (non-hydrogen) atoms. The molecule has 0 saturated heterocycles. The van der Waals surface area contributed by atoms with Crippen LogP contribution in [0, 0.1) is 20.8 Å². The zero-order valence-electron chi connectivity index (χ0n) is 6.10. The Morgan fingerprint density at radius 2 is 1.40 bits per heavy atom. The predicted octanol–water partition coefficient (Wildman–Crippen LogP) is 0.823. The molecule has 0 aliphatic carbocycles. The summed E-state index contributed by atoms with van der Waals surface area (Å²) in [7, 11) is 0. The van der Waals surface area contributed by atoms with Gasteiger partial charge < -0.3 is 0 Å². The van der Waals surface area contributed by atoms with Gasteiger partial charge in [0.05, 0.1) is 8.41 Å². The van der Waals surface area contributed by atoms with E-state index in [2.05, 4.69) is 24.0 Å². The second kappa shape index (κ2) is 3.40. The van der Waals surface area contributed by atoms with Crippen LogP contribution in [-0.4, -0.2) is 13.4 Å². The van der Waals surface area contributed by atoms with Crippen molar-refractivity contribution >= 4 is 8.41 Å². The Bertz CT molecular complexity index is 170. The fourth-order valence-electron chi connectivity index (χ4n) is 1.04. The van der Waals surface area contributed by atoms with Crippen molar-refractivity contribution in [3.63, 3.8) is 0 Å².